The average molecular weight is 195 g/mol. The van der Waals surface area contributed by atoms with Crippen molar-refractivity contribution < 1.29 is 15.3 Å². The number of benzene rings is 1. The number of hydrogen-bond acceptors (Lipinski definition) is 5. The van der Waals surface area contributed by atoms with Crippen LogP contribution in [0.1, 0.15) is 0 Å². The van der Waals surface area contributed by atoms with Gasteiger partial charge in [0.05, 0.1) is 5.52 Å². The fourth-order valence-electron chi connectivity index (χ4n) is 1.24. The van der Waals surface area contributed by atoms with Crippen molar-refractivity contribution in [1.82, 2.24) is 15.0 Å². The molecule has 0 bridgehead atoms. The fraction of sp³-hybridized carbons (Fsp3) is 0.250. The molecular formula is C8H9N3O3. The monoisotopic (exact) mass is 195 g/mol. The molecule has 0 aliphatic carbocycles. The van der Waals surface area contributed by atoms with Crippen LogP contribution in [0.3, 0.4) is 0 Å². The standard InChI is InChI=1S/C8H9N3O3/c12-8(13,14)5-11-7-4-2-1-3-6(7)9-10-11/h1-4,12-14H,5H2. The number of para-hydroxylation sites is 1. The van der Waals surface area contributed by atoms with Gasteiger partial charge in [-0.1, -0.05) is 17.3 Å². The highest BCUT2D eigenvalue weighted by Crippen LogP contribution is 2.11. The van der Waals surface area contributed by atoms with E-state index in [4.69, 9.17) is 15.3 Å². The predicted octanol–water partition coefficient (Wildman–Crippen LogP) is -0.938. The summed E-state index contributed by atoms with van der Waals surface area (Å²) in [5.74, 6) is -2.77. The highest BCUT2D eigenvalue weighted by atomic mass is 16.7. The van der Waals surface area contributed by atoms with Crippen LogP contribution in [-0.2, 0) is 6.54 Å². The van der Waals surface area contributed by atoms with E-state index in [0.29, 0.717) is 11.0 Å². The smallest absolute Gasteiger partial charge is 0.296 e. The van der Waals surface area contributed by atoms with Gasteiger partial charge in [-0.05, 0) is 12.1 Å². The minimum atomic E-state index is -2.77. The van der Waals surface area contributed by atoms with E-state index in [1.807, 2.05) is 0 Å². The van der Waals surface area contributed by atoms with Crippen molar-refractivity contribution in [3.63, 3.8) is 0 Å². The van der Waals surface area contributed by atoms with Gasteiger partial charge in [-0.2, -0.15) is 0 Å². The normalized spacial score (nSPS) is 12.2. The largest absolute Gasteiger partial charge is 0.342 e. The zero-order chi connectivity index (χ0) is 10.2. The molecule has 0 spiro atoms. The lowest BCUT2D eigenvalue weighted by Crippen LogP contribution is -2.33. The van der Waals surface area contributed by atoms with Crippen LogP contribution >= 0.6 is 0 Å². The summed E-state index contributed by atoms with van der Waals surface area (Å²) in [5.41, 5.74) is 1.27. The maximum atomic E-state index is 8.77. The van der Waals surface area contributed by atoms with Gasteiger partial charge in [0.1, 0.15) is 12.1 Å². The second-order valence-corrected chi connectivity index (χ2v) is 3.01. The molecule has 0 amide bonds. The van der Waals surface area contributed by atoms with Crippen LogP contribution < -0.4 is 0 Å². The topological polar surface area (TPSA) is 91.4 Å². The summed E-state index contributed by atoms with van der Waals surface area (Å²) in [5, 5.41) is 33.8. The number of hydrogen-bond donors (Lipinski definition) is 3. The zero-order valence-electron chi connectivity index (χ0n) is 7.20. The molecule has 0 fully saturated rings. The van der Waals surface area contributed by atoms with E-state index in [1.165, 1.54) is 4.68 Å². The average Bonchev–Trinajstić information content (AvgIpc) is 2.47. The third-order valence-corrected chi connectivity index (χ3v) is 1.78. The van der Waals surface area contributed by atoms with E-state index >= 15 is 0 Å². The van der Waals surface area contributed by atoms with Crippen LogP contribution in [0.25, 0.3) is 11.0 Å². The van der Waals surface area contributed by atoms with Gasteiger partial charge in [-0.15, -0.1) is 5.10 Å². The summed E-state index contributed by atoms with van der Waals surface area (Å²) in [6.45, 7) is -0.437. The van der Waals surface area contributed by atoms with E-state index in [9.17, 15) is 0 Å². The van der Waals surface area contributed by atoms with Crippen molar-refractivity contribution in [3.05, 3.63) is 24.3 Å². The lowest BCUT2D eigenvalue weighted by atomic mass is 10.3. The molecule has 6 nitrogen and oxygen atoms in total. The van der Waals surface area contributed by atoms with E-state index in [-0.39, 0.29) is 0 Å². The molecule has 0 saturated heterocycles. The van der Waals surface area contributed by atoms with Crippen molar-refractivity contribution in [2.24, 2.45) is 0 Å². The van der Waals surface area contributed by atoms with Gasteiger partial charge >= 0.3 is 0 Å². The predicted molar refractivity (Wildman–Crippen MR) is 46.9 cm³/mol. The van der Waals surface area contributed by atoms with Crippen LogP contribution in [-0.4, -0.2) is 36.3 Å². The van der Waals surface area contributed by atoms with Crippen molar-refractivity contribution in [2.45, 2.75) is 12.5 Å². The Balaban J connectivity index is 2.44. The summed E-state index contributed by atoms with van der Waals surface area (Å²) in [6, 6.07) is 7.04. The second kappa shape index (κ2) is 3.02. The maximum Gasteiger partial charge on any atom is 0.296 e. The highest BCUT2D eigenvalue weighted by Gasteiger charge is 2.20. The third kappa shape index (κ3) is 1.72. The molecule has 0 aliphatic rings. The third-order valence-electron chi connectivity index (χ3n) is 1.78. The first kappa shape index (κ1) is 9.07. The van der Waals surface area contributed by atoms with E-state index in [0.717, 1.165) is 0 Å². The molecule has 14 heavy (non-hydrogen) atoms. The molecule has 0 radical (unpaired) electrons. The van der Waals surface area contributed by atoms with Gasteiger partial charge in [-0.25, -0.2) is 4.68 Å². The van der Waals surface area contributed by atoms with Crippen LogP contribution in [0.2, 0.25) is 0 Å². The SMILES string of the molecule is OC(O)(O)Cn1nnc2ccccc21. The van der Waals surface area contributed by atoms with Gasteiger partial charge in [0.2, 0.25) is 0 Å². The fourth-order valence-corrected chi connectivity index (χ4v) is 1.24. The van der Waals surface area contributed by atoms with E-state index < -0.39 is 12.5 Å². The molecule has 0 atom stereocenters. The molecule has 74 valence electrons. The van der Waals surface area contributed by atoms with E-state index in [2.05, 4.69) is 10.3 Å². The summed E-state index contributed by atoms with van der Waals surface area (Å²) in [7, 11) is 0. The Morgan fingerprint density at radius 2 is 1.93 bits per heavy atom. The molecule has 2 rings (SSSR count). The summed E-state index contributed by atoms with van der Waals surface area (Å²) < 4.78 is 1.22. The minimum Gasteiger partial charge on any atom is -0.342 e. The van der Waals surface area contributed by atoms with Gasteiger partial charge in [-0.3, -0.25) is 0 Å². The number of aromatic nitrogens is 3. The molecule has 3 N–H and O–H groups in total. The molecule has 2 aromatic rings. The first-order valence-electron chi connectivity index (χ1n) is 4.02. The number of fused-ring (bicyclic) bond motifs is 1. The lowest BCUT2D eigenvalue weighted by molar-refractivity contribution is -0.319. The van der Waals surface area contributed by atoms with Crippen molar-refractivity contribution in [2.75, 3.05) is 0 Å². The summed E-state index contributed by atoms with van der Waals surface area (Å²) in [6.07, 6.45) is 0. The second-order valence-electron chi connectivity index (χ2n) is 3.01. The number of aliphatic hydroxyl groups is 3. The van der Waals surface area contributed by atoms with Gasteiger partial charge < -0.3 is 15.3 Å². The van der Waals surface area contributed by atoms with Crippen LogP contribution in [0, 0.1) is 0 Å². The highest BCUT2D eigenvalue weighted by molar-refractivity contribution is 5.73. The van der Waals surface area contributed by atoms with Crippen LogP contribution in [0.5, 0.6) is 0 Å². The van der Waals surface area contributed by atoms with E-state index in [1.54, 1.807) is 24.3 Å². The molecule has 0 unspecified atom stereocenters. The minimum absolute atomic E-state index is 0.437. The molecule has 1 aromatic carbocycles. The summed E-state index contributed by atoms with van der Waals surface area (Å²) in [4.78, 5) is 0. The number of rotatable bonds is 2. The Bertz CT molecular complexity index is 446. The van der Waals surface area contributed by atoms with Crippen molar-refractivity contribution in [1.29, 1.82) is 0 Å². The summed E-state index contributed by atoms with van der Waals surface area (Å²) >= 11 is 0. The Hall–Kier alpha value is -1.50. The quantitative estimate of drug-likeness (QED) is 0.538. The number of nitrogens with zero attached hydrogens (tertiary/aromatic N) is 3. The van der Waals surface area contributed by atoms with Crippen molar-refractivity contribution in [3.8, 4) is 0 Å². The van der Waals surface area contributed by atoms with Gasteiger partial charge in [0.15, 0.2) is 0 Å². The molecule has 1 heterocycles. The van der Waals surface area contributed by atoms with Crippen molar-refractivity contribution >= 4 is 11.0 Å². The Morgan fingerprint density at radius 3 is 2.64 bits per heavy atom. The van der Waals surface area contributed by atoms with Gasteiger partial charge in [0, 0.05) is 0 Å². The molecule has 6 heteroatoms. The van der Waals surface area contributed by atoms with Crippen LogP contribution in [0.4, 0.5) is 0 Å². The Kier molecular flexibility index (Phi) is 1.95. The van der Waals surface area contributed by atoms with Gasteiger partial charge in [0.25, 0.3) is 5.97 Å². The first-order chi connectivity index (χ1) is 6.56. The Morgan fingerprint density at radius 1 is 1.21 bits per heavy atom. The molecule has 0 saturated carbocycles. The Labute approximate surface area is 79.0 Å². The maximum absolute atomic E-state index is 8.77. The van der Waals surface area contributed by atoms with Crippen LogP contribution in [0.15, 0.2) is 24.3 Å². The first-order valence-corrected chi connectivity index (χ1v) is 4.02. The molecular weight excluding hydrogens is 186 g/mol. The molecule has 1 aromatic heterocycles. The lowest BCUT2D eigenvalue weighted by Gasteiger charge is -2.13. The zero-order valence-corrected chi connectivity index (χ0v) is 7.20. The molecule has 0 aliphatic heterocycles.